The second-order valence-corrected chi connectivity index (χ2v) is 5.74. The minimum Gasteiger partial charge on any atom is -0.432 e. The predicted octanol–water partition coefficient (Wildman–Crippen LogP) is 1.49. The number of hydrogen-bond donors (Lipinski definition) is 1. The lowest BCUT2D eigenvalue weighted by molar-refractivity contribution is -0.140. The van der Waals surface area contributed by atoms with E-state index in [0.717, 1.165) is 0 Å². The largest absolute Gasteiger partial charge is 0.432 e. The highest BCUT2D eigenvalue weighted by molar-refractivity contribution is 5.96. The van der Waals surface area contributed by atoms with Crippen molar-refractivity contribution in [2.24, 2.45) is 5.92 Å². The number of nitrogens with zero attached hydrogens (tertiary/aromatic N) is 1. The van der Waals surface area contributed by atoms with Gasteiger partial charge < -0.3 is 9.47 Å². The second-order valence-electron chi connectivity index (χ2n) is 5.74. The van der Waals surface area contributed by atoms with Crippen LogP contribution in [0.15, 0.2) is 30.3 Å². The molecule has 122 valence electrons. The number of hydrogen-bond acceptors (Lipinski definition) is 5. The third kappa shape index (κ3) is 3.34. The minimum absolute atomic E-state index is 0.00234. The van der Waals surface area contributed by atoms with Gasteiger partial charge in [0.1, 0.15) is 6.23 Å². The Balaban J connectivity index is 1.61. The highest BCUT2D eigenvalue weighted by Gasteiger charge is 2.41. The Morgan fingerprint density at radius 2 is 2.04 bits per heavy atom. The number of esters is 1. The van der Waals surface area contributed by atoms with Crippen molar-refractivity contribution in [3.05, 3.63) is 35.9 Å². The molecule has 0 spiro atoms. The Morgan fingerprint density at radius 3 is 2.74 bits per heavy atom. The highest BCUT2D eigenvalue weighted by Crippen LogP contribution is 2.30. The fraction of sp³-hybridized carbons (Fsp3) is 0.438. The van der Waals surface area contributed by atoms with Gasteiger partial charge in [0.15, 0.2) is 0 Å². The zero-order chi connectivity index (χ0) is 16.4. The maximum atomic E-state index is 12.1. The van der Waals surface area contributed by atoms with Crippen LogP contribution in [0.5, 0.6) is 0 Å². The molecule has 3 atom stereocenters. The maximum absolute atomic E-state index is 12.1. The van der Waals surface area contributed by atoms with Gasteiger partial charge in [0.2, 0.25) is 12.2 Å². The molecule has 1 N–H and O–H groups in total. The lowest BCUT2D eigenvalue weighted by atomic mass is 10.1. The molecule has 3 rings (SSSR count). The number of amides is 3. The van der Waals surface area contributed by atoms with Crippen molar-refractivity contribution in [3.63, 3.8) is 0 Å². The molecular formula is C16H18N2O5. The van der Waals surface area contributed by atoms with Crippen molar-refractivity contribution in [3.8, 4) is 0 Å². The first-order valence-corrected chi connectivity index (χ1v) is 7.56. The van der Waals surface area contributed by atoms with Gasteiger partial charge in [0.25, 0.3) is 0 Å². The minimum atomic E-state index is -0.701. The third-order valence-electron chi connectivity index (χ3n) is 3.98. The van der Waals surface area contributed by atoms with E-state index in [1.54, 1.807) is 24.3 Å². The lowest BCUT2D eigenvalue weighted by Crippen LogP contribution is -2.54. The van der Waals surface area contributed by atoms with E-state index >= 15 is 0 Å². The van der Waals surface area contributed by atoms with Gasteiger partial charge in [-0.25, -0.2) is 9.59 Å². The number of carbonyl (C=O) groups is 3. The van der Waals surface area contributed by atoms with E-state index in [2.05, 4.69) is 5.32 Å². The number of ether oxygens (including phenoxy) is 2. The standard InChI is InChI=1S/C16H18N2O5/c1-10-9-13(23-15(20)11-5-3-2-4-6-11)22-14(10)18-8-7-12(19)17-16(18)21/h2-6,10,13-14H,7-9H2,1H3,(H,17,19,21)/t10-,13+,14+/m0/s1. The molecule has 23 heavy (non-hydrogen) atoms. The van der Waals surface area contributed by atoms with Crippen LogP contribution in [-0.2, 0) is 14.3 Å². The molecule has 0 radical (unpaired) electrons. The van der Waals surface area contributed by atoms with Gasteiger partial charge in [-0.3, -0.25) is 15.0 Å². The van der Waals surface area contributed by atoms with Crippen molar-refractivity contribution < 1.29 is 23.9 Å². The zero-order valence-corrected chi connectivity index (χ0v) is 12.7. The van der Waals surface area contributed by atoms with Crippen LogP contribution < -0.4 is 5.32 Å². The van der Waals surface area contributed by atoms with E-state index < -0.39 is 24.5 Å². The molecule has 1 aromatic rings. The molecule has 0 aromatic heterocycles. The number of urea groups is 1. The van der Waals surface area contributed by atoms with E-state index in [1.165, 1.54) is 4.90 Å². The quantitative estimate of drug-likeness (QED) is 0.854. The van der Waals surface area contributed by atoms with Crippen LogP contribution in [0.3, 0.4) is 0 Å². The first kappa shape index (κ1) is 15.5. The summed E-state index contributed by atoms with van der Waals surface area (Å²) in [5.74, 6) is -0.742. The van der Waals surface area contributed by atoms with Crippen LogP contribution >= 0.6 is 0 Å². The van der Waals surface area contributed by atoms with Crippen LogP contribution in [0.1, 0.15) is 30.1 Å². The summed E-state index contributed by atoms with van der Waals surface area (Å²) in [6.07, 6.45) is -0.460. The number of benzene rings is 1. The molecule has 0 bridgehead atoms. The van der Waals surface area contributed by atoms with Crippen LogP contribution in [-0.4, -0.2) is 41.9 Å². The number of carbonyl (C=O) groups excluding carboxylic acids is 3. The van der Waals surface area contributed by atoms with Gasteiger partial charge in [-0.1, -0.05) is 25.1 Å². The molecule has 2 aliphatic heterocycles. The molecule has 7 heteroatoms. The van der Waals surface area contributed by atoms with E-state index in [-0.39, 0.29) is 18.2 Å². The molecule has 2 fully saturated rings. The zero-order valence-electron chi connectivity index (χ0n) is 12.7. The molecule has 0 saturated carbocycles. The normalized spacial score (nSPS) is 27.7. The number of imide groups is 1. The van der Waals surface area contributed by atoms with Gasteiger partial charge in [0.05, 0.1) is 5.56 Å². The van der Waals surface area contributed by atoms with Gasteiger partial charge >= 0.3 is 12.0 Å². The van der Waals surface area contributed by atoms with E-state index in [1.807, 2.05) is 13.0 Å². The van der Waals surface area contributed by atoms with Crippen molar-refractivity contribution in [1.29, 1.82) is 0 Å². The molecule has 3 amide bonds. The van der Waals surface area contributed by atoms with E-state index in [9.17, 15) is 14.4 Å². The smallest absolute Gasteiger partial charge is 0.340 e. The van der Waals surface area contributed by atoms with Gasteiger partial charge in [-0.2, -0.15) is 0 Å². The molecule has 0 unspecified atom stereocenters. The van der Waals surface area contributed by atoms with Gasteiger partial charge in [0, 0.05) is 25.3 Å². The first-order valence-electron chi connectivity index (χ1n) is 7.56. The molecule has 1 aromatic carbocycles. The van der Waals surface area contributed by atoms with Crippen molar-refractivity contribution >= 4 is 17.9 Å². The number of nitrogens with one attached hydrogen (secondary N) is 1. The summed E-state index contributed by atoms with van der Waals surface area (Å²) in [5, 5.41) is 2.27. The SMILES string of the molecule is C[C@H]1C[C@@H](OC(=O)c2ccccc2)O[C@H]1N1CCC(=O)NC1=O. The molecule has 2 heterocycles. The summed E-state index contributed by atoms with van der Waals surface area (Å²) in [4.78, 5) is 36.6. The first-order chi connectivity index (χ1) is 11.0. The van der Waals surface area contributed by atoms with Crippen LogP contribution in [0, 0.1) is 5.92 Å². The molecule has 2 saturated heterocycles. The molecular weight excluding hydrogens is 300 g/mol. The van der Waals surface area contributed by atoms with Crippen LogP contribution in [0.25, 0.3) is 0 Å². The Labute approximate surface area is 133 Å². The Morgan fingerprint density at radius 1 is 1.30 bits per heavy atom. The van der Waals surface area contributed by atoms with Crippen molar-refractivity contribution in [1.82, 2.24) is 10.2 Å². The summed E-state index contributed by atoms with van der Waals surface area (Å²) >= 11 is 0. The maximum Gasteiger partial charge on any atom is 0.340 e. The third-order valence-corrected chi connectivity index (χ3v) is 3.98. The summed E-state index contributed by atoms with van der Waals surface area (Å²) < 4.78 is 11.1. The average Bonchev–Trinajstić information content (AvgIpc) is 2.88. The monoisotopic (exact) mass is 318 g/mol. The lowest BCUT2D eigenvalue weighted by Gasteiger charge is -2.33. The second kappa shape index (κ2) is 6.37. The van der Waals surface area contributed by atoms with Crippen molar-refractivity contribution in [2.45, 2.75) is 32.3 Å². The highest BCUT2D eigenvalue weighted by atomic mass is 16.7. The van der Waals surface area contributed by atoms with Crippen molar-refractivity contribution in [2.75, 3.05) is 6.54 Å². The summed E-state index contributed by atoms with van der Waals surface area (Å²) in [5.41, 5.74) is 0.452. The van der Waals surface area contributed by atoms with E-state index in [4.69, 9.17) is 9.47 Å². The topological polar surface area (TPSA) is 84.9 Å². The summed E-state index contributed by atoms with van der Waals surface area (Å²) in [6, 6.07) is 8.20. The predicted molar refractivity (Wildman–Crippen MR) is 79.2 cm³/mol. The summed E-state index contributed by atoms with van der Waals surface area (Å²) in [7, 11) is 0. The van der Waals surface area contributed by atoms with Crippen LogP contribution in [0.4, 0.5) is 4.79 Å². The molecule has 0 aliphatic carbocycles. The van der Waals surface area contributed by atoms with Crippen LogP contribution in [0.2, 0.25) is 0 Å². The van der Waals surface area contributed by atoms with E-state index in [0.29, 0.717) is 18.5 Å². The Bertz CT molecular complexity index is 618. The Kier molecular flexibility index (Phi) is 4.29. The average molecular weight is 318 g/mol. The Hall–Kier alpha value is -2.41. The number of rotatable bonds is 3. The van der Waals surface area contributed by atoms with Gasteiger partial charge in [-0.05, 0) is 12.1 Å². The molecule has 2 aliphatic rings. The molecule has 7 nitrogen and oxygen atoms in total. The summed E-state index contributed by atoms with van der Waals surface area (Å²) in [6.45, 7) is 2.23. The fourth-order valence-electron chi connectivity index (χ4n) is 2.80. The van der Waals surface area contributed by atoms with Gasteiger partial charge in [-0.15, -0.1) is 0 Å². The fourth-order valence-corrected chi connectivity index (χ4v) is 2.80.